The largest absolute Gasteiger partial charge is 0.497 e. The molecule has 3 heteroatoms. The van der Waals surface area contributed by atoms with E-state index in [0.717, 1.165) is 35.3 Å². The van der Waals surface area contributed by atoms with Gasteiger partial charge in [-0.1, -0.05) is 12.8 Å². The van der Waals surface area contributed by atoms with Gasteiger partial charge in [0.25, 0.3) is 0 Å². The van der Waals surface area contributed by atoms with Crippen LogP contribution in [-0.2, 0) is 11.2 Å². The molecule has 2 rings (SSSR count). The molecular weight excluding hydrogens is 238 g/mol. The van der Waals surface area contributed by atoms with Crippen molar-refractivity contribution in [1.82, 2.24) is 5.32 Å². The Morgan fingerprint density at radius 2 is 1.84 bits per heavy atom. The number of methoxy groups -OCH3 is 1. The minimum atomic E-state index is 0.142. The zero-order chi connectivity index (χ0) is 13.8. The Morgan fingerprint density at radius 3 is 2.37 bits per heavy atom. The number of nitrogens with one attached hydrogen (secondary N) is 1. The van der Waals surface area contributed by atoms with Gasteiger partial charge in [-0.25, -0.2) is 0 Å². The van der Waals surface area contributed by atoms with Gasteiger partial charge in [0.15, 0.2) is 0 Å². The second kappa shape index (κ2) is 6.09. The van der Waals surface area contributed by atoms with Crippen LogP contribution in [0.2, 0.25) is 0 Å². The fourth-order valence-electron chi connectivity index (χ4n) is 2.86. The zero-order valence-electron chi connectivity index (χ0n) is 12.1. The summed E-state index contributed by atoms with van der Waals surface area (Å²) in [5, 5.41) is 3.14. The van der Waals surface area contributed by atoms with Crippen LogP contribution in [-0.4, -0.2) is 19.1 Å². The van der Waals surface area contributed by atoms with Crippen molar-refractivity contribution < 1.29 is 9.53 Å². The first-order valence-corrected chi connectivity index (χ1v) is 7.03. The number of benzene rings is 1. The van der Waals surface area contributed by atoms with Crippen LogP contribution in [0.5, 0.6) is 5.75 Å². The molecule has 1 aliphatic rings. The maximum absolute atomic E-state index is 12.1. The van der Waals surface area contributed by atoms with Gasteiger partial charge in [-0.3, -0.25) is 4.79 Å². The SMILES string of the molecule is COc1cc(C)c(CC(=O)NC2CCCC2)c(C)c1. The molecule has 19 heavy (non-hydrogen) atoms. The van der Waals surface area contributed by atoms with E-state index in [1.54, 1.807) is 7.11 Å². The van der Waals surface area contributed by atoms with Crippen molar-refractivity contribution >= 4 is 5.91 Å². The lowest BCUT2D eigenvalue weighted by molar-refractivity contribution is -0.121. The molecule has 1 aromatic carbocycles. The molecule has 3 nitrogen and oxygen atoms in total. The second-order valence-corrected chi connectivity index (χ2v) is 5.47. The monoisotopic (exact) mass is 261 g/mol. The van der Waals surface area contributed by atoms with Crippen molar-refractivity contribution in [2.75, 3.05) is 7.11 Å². The highest BCUT2D eigenvalue weighted by molar-refractivity contribution is 5.79. The van der Waals surface area contributed by atoms with Crippen LogP contribution in [0.1, 0.15) is 42.4 Å². The smallest absolute Gasteiger partial charge is 0.224 e. The number of ether oxygens (including phenoxy) is 1. The first-order valence-electron chi connectivity index (χ1n) is 7.03. The van der Waals surface area contributed by atoms with Crippen LogP contribution in [0.4, 0.5) is 0 Å². The van der Waals surface area contributed by atoms with Gasteiger partial charge in [-0.2, -0.15) is 0 Å². The molecule has 0 bridgehead atoms. The normalized spacial score (nSPS) is 15.5. The molecule has 0 heterocycles. The molecule has 0 unspecified atom stereocenters. The Balaban J connectivity index is 2.03. The standard InChI is InChI=1S/C16H23NO2/c1-11-8-14(19-3)9-12(2)15(11)10-16(18)17-13-6-4-5-7-13/h8-9,13H,4-7,10H2,1-3H3,(H,17,18). The van der Waals surface area contributed by atoms with Crippen LogP contribution in [0.25, 0.3) is 0 Å². The summed E-state index contributed by atoms with van der Waals surface area (Å²) in [5.41, 5.74) is 3.37. The zero-order valence-corrected chi connectivity index (χ0v) is 12.1. The topological polar surface area (TPSA) is 38.3 Å². The molecule has 1 N–H and O–H groups in total. The summed E-state index contributed by atoms with van der Waals surface area (Å²) in [4.78, 5) is 12.1. The quantitative estimate of drug-likeness (QED) is 0.905. The third-order valence-corrected chi connectivity index (χ3v) is 3.96. The number of hydrogen-bond acceptors (Lipinski definition) is 2. The fraction of sp³-hybridized carbons (Fsp3) is 0.562. The molecule has 1 fully saturated rings. The molecule has 1 saturated carbocycles. The highest BCUT2D eigenvalue weighted by Crippen LogP contribution is 2.23. The van der Waals surface area contributed by atoms with Crippen LogP contribution in [0.15, 0.2) is 12.1 Å². The Bertz CT molecular complexity index is 439. The average Bonchev–Trinajstić information content (AvgIpc) is 2.86. The predicted octanol–water partition coefficient (Wildman–Crippen LogP) is 2.91. The first kappa shape index (κ1) is 13.9. The minimum absolute atomic E-state index is 0.142. The minimum Gasteiger partial charge on any atom is -0.497 e. The molecule has 0 aliphatic heterocycles. The molecule has 0 spiro atoms. The van der Waals surface area contributed by atoms with Gasteiger partial charge in [-0.05, 0) is 55.5 Å². The van der Waals surface area contributed by atoms with Crippen molar-refractivity contribution in [3.05, 3.63) is 28.8 Å². The van der Waals surface area contributed by atoms with Crippen molar-refractivity contribution in [3.63, 3.8) is 0 Å². The van der Waals surface area contributed by atoms with E-state index < -0.39 is 0 Å². The van der Waals surface area contributed by atoms with Gasteiger partial charge < -0.3 is 10.1 Å². The van der Waals surface area contributed by atoms with E-state index in [-0.39, 0.29) is 5.91 Å². The number of carbonyl (C=O) groups is 1. The van der Waals surface area contributed by atoms with E-state index in [1.165, 1.54) is 12.8 Å². The Morgan fingerprint density at radius 1 is 1.26 bits per heavy atom. The maximum Gasteiger partial charge on any atom is 0.224 e. The van der Waals surface area contributed by atoms with Gasteiger partial charge >= 0.3 is 0 Å². The molecule has 0 aromatic heterocycles. The van der Waals surface area contributed by atoms with E-state index in [4.69, 9.17) is 4.74 Å². The molecule has 0 saturated heterocycles. The molecule has 0 radical (unpaired) electrons. The number of aryl methyl sites for hydroxylation is 2. The Hall–Kier alpha value is -1.51. The number of amides is 1. The summed E-state index contributed by atoms with van der Waals surface area (Å²) < 4.78 is 5.24. The van der Waals surface area contributed by atoms with Gasteiger partial charge in [0.2, 0.25) is 5.91 Å². The molecule has 1 aromatic rings. The first-order chi connectivity index (χ1) is 9.10. The highest BCUT2D eigenvalue weighted by atomic mass is 16.5. The number of hydrogen-bond donors (Lipinski definition) is 1. The van der Waals surface area contributed by atoms with E-state index in [2.05, 4.69) is 5.32 Å². The van der Waals surface area contributed by atoms with E-state index in [1.807, 2.05) is 26.0 Å². The molecule has 0 atom stereocenters. The van der Waals surface area contributed by atoms with E-state index >= 15 is 0 Å². The molecule has 1 aliphatic carbocycles. The van der Waals surface area contributed by atoms with Crippen LogP contribution in [0, 0.1) is 13.8 Å². The highest BCUT2D eigenvalue weighted by Gasteiger charge is 2.18. The van der Waals surface area contributed by atoms with Gasteiger partial charge in [0.05, 0.1) is 13.5 Å². The summed E-state index contributed by atoms with van der Waals surface area (Å²) >= 11 is 0. The second-order valence-electron chi connectivity index (χ2n) is 5.47. The molecule has 1 amide bonds. The maximum atomic E-state index is 12.1. The Kier molecular flexibility index (Phi) is 4.46. The lowest BCUT2D eigenvalue weighted by Crippen LogP contribution is -2.34. The predicted molar refractivity (Wildman–Crippen MR) is 76.6 cm³/mol. The lowest BCUT2D eigenvalue weighted by atomic mass is 9.99. The summed E-state index contributed by atoms with van der Waals surface area (Å²) in [5.74, 6) is 0.998. The fourth-order valence-corrected chi connectivity index (χ4v) is 2.86. The summed E-state index contributed by atoms with van der Waals surface area (Å²) in [7, 11) is 1.67. The lowest BCUT2D eigenvalue weighted by Gasteiger charge is -2.15. The summed E-state index contributed by atoms with van der Waals surface area (Å²) in [6.07, 6.45) is 5.22. The van der Waals surface area contributed by atoms with Gasteiger partial charge in [0.1, 0.15) is 5.75 Å². The van der Waals surface area contributed by atoms with E-state index in [9.17, 15) is 4.79 Å². The van der Waals surface area contributed by atoms with Gasteiger partial charge in [0, 0.05) is 6.04 Å². The number of carbonyl (C=O) groups excluding carboxylic acids is 1. The Labute approximate surface area is 115 Å². The van der Waals surface area contributed by atoms with Crippen molar-refractivity contribution in [2.45, 2.75) is 52.0 Å². The van der Waals surface area contributed by atoms with Crippen LogP contribution in [0.3, 0.4) is 0 Å². The summed E-state index contributed by atoms with van der Waals surface area (Å²) in [6, 6.07) is 4.38. The van der Waals surface area contributed by atoms with Crippen LogP contribution >= 0.6 is 0 Å². The van der Waals surface area contributed by atoms with E-state index in [0.29, 0.717) is 12.5 Å². The average molecular weight is 261 g/mol. The van der Waals surface area contributed by atoms with Crippen molar-refractivity contribution in [2.24, 2.45) is 0 Å². The van der Waals surface area contributed by atoms with Crippen LogP contribution < -0.4 is 10.1 Å². The third kappa shape index (κ3) is 3.49. The number of rotatable bonds is 4. The molecular formula is C16H23NO2. The van der Waals surface area contributed by atoms with Crippen molar-refractivity contribution in [1.29, 1.82) is 0 Å². The van der Waals surface area contributed by atoms with Crippen molar-refractivity contribution in [3.8, 4) is 5.75 Å². The third-order valence-electron chi connectivity index (χ3n) is 3.96. The van der Waals surface area contributed by atoms with Gasteiger partial charge in [-0.15, -0.1) is 0 Å². The summed E-state index contributed by atoms with van der Waals surface area (Å²) in [6.45, 7) is 4.07. The molecule has 104 valence electrons.